The monoisotopic (exact) mass is 482 g/mol. The fourth-order valence-electron chi connectivity index (χ4n) is 3.89. The molecule has 0 saturated carbocycles. The Kier molecular flexibility index (Phi) is 6.38. The first-order chi connectivity index (χ1) is 15.7. The Morgan fingerprint density at radius 2 is 1.79 bits per heavy atom. The first-order valence-electron chi connectivity index (χ1n) is 10.4. The number of hydrogen-bond donors (Lipinski definition) is 0. The van der Waals surface area contributed by atoms with Gasteiger partial charge in [0.2, 0.25) is 5.91 Å². The molecule has 0 bridgehead atoms. The molecule has 0 unspecified atom stereocenters. The summed E-state index contributed by atoms with van der Waals surface area (Å²) in [5, 5.41) is 3.94. The average Bonchev–Trinajstić information content (AvgIpc) is 3.12. The van der Waals surface area contributed by atoms with Gasteiger partial charge in [-0.2, -0.15) is 18.3 Å². The molecule has 176 valence electrons. The van der Waals surface area contributed by atoms with Crippen molar-refractivity contribution < 1.29 is 27.4 Å². The van der Waals surface area contributed by atoms with Crippen LogP contribution >= 0.6 is 11.6 Å². The third kappa shape index (κ3) is 4.57. The number of amides is 1. The van der Waals surface area contributed by atoms with Gasteiger partial charge in [-0.1, -0.05) is 11.6 Å². The lowest BCUT2D eigenvalue weighted by atomic mass is 10.1. The van der Waals surface area contributed by atoms with E-state index in [0.717, 1.165) is 25.3 Å². The van der Waals surface area contributed by atoms with E-state index in [9.17, 15) is 18.0 Å². The normalized spacial score (nSPS) is 14.5. The molecule has 0 radical (unpaired) electrons. The molecule has 0 atom stereocenters. The topological polar surface area (TPSA) is 69.0 Å². The lowest BCUT2D eigenvalue weighted by molar-refractivity contribution is -0.142. The van der Waals surface area contributed by atoms with E-state index in [1.807, 2.05) is 0 Å². The van der Waals surface area contributed by atoms with Crippen molar-refractivity contribution in [2.75, 3.05) is 27.3 Å². The molecule has 1 aliphatic rings. The van der Waals surface area contributed by atoms with Gasteiger partial charge in [-0.05, 0) is 43.5 Å². The number of benzene rings is 1. The van der Waals surface area contributed by atoms with Crippen LogP contribution in [0.3, 0.4) is 0 Å². The van der Waals surface area contributed by atoms with Crippen LogP contribution in [0.15, 0.2) is 24.3 Å². The molecule has 7 nitrogen and oxygen atoms in total. The van der Waals surface area contributed by atoms with Crippen LogP contribution in [-0.4, -0.2) is 52.7 Å². The fourth-order valence-corrected chi connectivity index (χ4v) is 4.12. The summed E-state index contributed by atoms with van der Waals surface area (Å²) in [6.45, 7) is 1.25. The molecule has 1 saturated heterocycles. The van der Waals surface area contributed by atoms with Crippen LogP contribution in [-0.2, 0) is 17.4 Å². The molecule has 1 amide bonds. The van der Waals surface area contributed by atoms with Crippen molar-refractivity contribution in [3.8, 4) is 22.8 Å². The maximum atomic E-state index is 13.9. The molecule has 3 heterocycles. The molecule has 0 spiro atoms. The van der Waals surface area contributed by atoms with Crippen LogP contribution in [0, 0.1) is 0 Å². The molecule has 0 N–H and O–H groups in total. The molecule has 1 aliphatic heterocycles. The second-order valence-corrected chi connectivity index (χ2v) is 8.09. The third-order valence-electron chi connectivity index (χ3n) is 5.60. The van der Waals surface area contributed by atoms with Gasteiger partial charge in [-0.15, -0.1) is 0 Å². The van der Waals surface area contributed by atoms with Crippen molar-refractivity contribution >= 4 is 23.2 Å². The van der Waals surface area contributed by atoms with Crippen LogP contribution in [0.1, 0.15) is 30.7 Å². The zero-order chi connectivity index (χ0) is 23.8. The smallest absolute Gasteiger partial charge is 0.433 e. The minimum absolute atomic E-state index is 0.0338. The number of rotatable bonds is 5. The van der Waals surface area contributed by atoms with E-state index < -0.39 is 11.9 Å². The van der Waals surface area contributed by atoms with E-state index >= 15 is 0 Å². The SMILES string of the molecule is COc1ccc(-c2cc(C(F)(F)F)n3nc(CC(=O)N4CCCCC4)c(Cl)c3n2)cc1OC. The first kappa shape index (κ1) is 23.2. The van der Waals surface area contributed by atoms with Crippen molar-refractivity contribution in [3.63, 3.8) is 0 Å². The van der Waals surface area contributed by atoms with Gasteiger partial charge in [0.25, 0.3) is 0 Å². The number of halogens is 4. The highest BCUT2D eigenvalue weighted by molar-refractivity contribution is 6.34. The Morgan fingerprint density at radius 1 is 1.09 bits per heavy atom. The van der Waals surface area contributed by atoms with Crippen LogP contribution in [0.4, 0.5) is 13.2 Å². The highest BCUT2D eigenvalue weighted by Crippen LogP contribution is 2.37. The van der Waals surface area contributed by atoms with E-state index in [4.69, 9.17) is 21.1 Å². The summed E-state index contributed by atoms with van der Waals surface area (Å²) in [4.78, 5) is 18.7. The summed E-state index contributed by atoms with van der Waals surface area (Å²) in [7, 11) is 2.89. The molecule has 11 heteroatoms. The maximum absolute atomic E-state index is 13.9. The quantitative estimate of drug-likeness (QED) is 0.530. The predicted octanol–water partition coefficient (Wildman–Crippen LogP) is 4.64. The van der Waals surface area contributed by atoms with Gasteiger partial charge < -0.3 is 14.4 Å². The van der Waals surface area contributed by atoms with Gasteiger partial charge >= 0.3 is 6.18 Å². The summed E-state index contributed by atoms with van der Waals surface area (Å²) in [5.74, 6) is 0.561. The number of carbonyl (C=O) groups excluding carboxylic acids is 1. The van der Waals surface area contributed by atoms with Crippen molar-refractivity contribution in [3.05, 3.63) is 40.7 Å². The predicted molar refractivity (Wildman–Crippen MR) is 116 cm³/mol. The van der Waals surface area contributed by atoms with Gasteiger partial charge in [-0.25, -0.2) is 9.50 Å². The van der Waals surface area contributed by atoms with Crippen molar-refractivity contribution in [2.24, 2.45) is 0 Å². The molecular formula is C22H22ClF3N4O3. The minimum Gasteiger partial charge on any atom is -0.493 e. The third-order valence-corrected chi connectivity index (χ3v) is 5.98. The zero-order valence-corrected chi connectivity index (χ0v) is 18.8. The van der Waals surface area contributed by atoms with Crippen molar-refractivity contribution in [2.45, 2.75) is 31.9 Å². The number of fused-ring (bicyclic) bond motifs is 1. The van der Waals surface area contributed by atoms with Crippen LogP contribution in [0.5, 0.6) is 11.5 Å². The summed E-state index contributed by atoms with van der Waals surface area (Å²) >= 11 is 6.40. The van der Waals surface area contributed by atoms with E-state index in [-0.39, 0.29) is 34.4 Å². The molecule has 2 aromatic heterocycles. The van der Waals surface area contributed by atoms with Crippen molar-refractivity contribution in [1.29, 1.82) is 0 Å². The number of hydrogen-bond acceptors (Lipinski definition) is 5. The Labute approximate surface area is 193 Å². The second kappa shape index (κ2) is 9.09. The highest BCUT2D eigenvalue weighted by Gasteiger charge is 2.36. The Bertz CT molecular complexity index is 1190. The Hall–Kier alpha value is -3.01. The van der Waals surface area contributed by atoms with Gasteiger partial charge in [0.05, 0.1) is 32.0 Å². The number of ether oxygens (including phenoxy) is 2. The van der Waals surface area contributed by atoms with E-state index in [1.54, 1.807) is 17.0 Å². The summed E-state index contributed by atoms with van der Waals surface area (Å²) in [6, 6.07) is 5.58. The average molecular weight is 483 g/mol. The summed E-state index contributed by atoms with van der Waals surface area (Å²) in [5.41, 5.74) is -0.737. The number of nitrogens with zero attached hydrogens (tertiary/aromatic N) is 4. The molecule has 1 fully saturated rings. The number of methoxy groups -OCH3 is 2. The number of likely N-dealkylation sites (tertiary alicyclic amines) is 1. The minimum atomic E-state index is -4.73. The molecule has 3 aromatic rings. The molecule has 33 heavy (non-hydrogen) atoms. The number of carbonyl (C=O) groups is 1. The van der Waals surface area contributed by atoms with E-state index in [0.29, 0.717) is 34.7 Å². The van der Waals surface area contributed by atoms with Gasteiger partial charge in [0, 0.05) is 18.7 Å². The zero-order valence-electron chi connectivity index (χ0n) is 18.1. The fraction of sp³-hybridized carbons (Fsp3) is 0.409. The summed E-state index contributed by atoms with van der Waals surface area (Å²) in [6.07, 6.45) is -2.06. The van der Waals surface area contributed by atoms with E-state index in [2.05, 4.69) is 10.1 Å². The largest absolute Gasteiger partial charge is 0.493 e. The molecule has 0 aliphatic carbocycles. The van der Waals surface area contributed by atoms with Gasteiger partial charge in [0.15, 0.2) is 22.8 Å². The summed E-state index contributed by atoms with van der Waals surface area (Å²) < 4.78 is 52.9. The number of alkyl halides is 3. The number of piperidine rings is 1. The first-order valence-corrected chi connectivity index (χ1v) is 10.8. The lowest BCUT2D eigenvalue weighted by Gasteiger charge is -2.26. The van der Waals surface area contributed by atoms with Crippen LogP contribution in [0.2, 0.25) is 5.02 Å². The molecule has 4 rings (SSSR count). The van der Waals surface area contributed by atoms with E-state index in [1.165, 1.54) is 20.3 Å². The van der Waals surface area contributed by atoms with Crippen LogP contribution < -0.4 is 9.47 Å². The standard InChI is InChI=1S/C22H22ClF3N4O3/c1-32-16-7-6-13(10-17(16)33-2)14-11-18(22(24,25)26)30-21(27-14)20(23)15(28-30)12-19(31)29-8-4-3-5-9-29/h6-7,10-11H,3-5,8-9,12H2,1-2H3. The lowest BCUT2D eigenvalue weighted by Crippen LogP contribution is -2.36. The second-order valence-electron chi connectivity index (χ2n) is 7.71. The van der Waals surface area contributed by atoms with Crippen LogP contribution in [0.25, 0.3) is 16.9 Å². The molecular weight excluding hydrogens is 461 g/mol. The van der Waals surface area contributed by atoms with Crippen molar-refractivity contribution in [1.82, 2.24) is 19.5 Å². The molecule has 1 aromatic carbocycles. The maximum Gasteiger partial charge on any atom is 0.433 e. The van der Waals surface area contributed by atoms with Gasteiger partial charge in [0.1, 0.15) is 5.02 Å². The highest BCUT2D eigenvalue weighted by atomic mass is 35.5. The number of aromatic nitrogens is 3. The van der Waals surface area contributed by atoms with Gasteiger partial charge in [-0.3, -0.25) is 4.79 Å². The Morgan fingerprint density at radius 3 is 2.42 bits per heavy atom. The Balaban J connectivity index is 1.80.